The van der Waals surface area contributed by atoms with Gasteiger partial charge in [0.15, 0.2) is 9.84 Å². The Morgan fingerprint density at radius 2 is 2.06 bits per heavy atom. The second kappa shape index (κ2) is 5.44. The molecule has 1 heterocycles. The van der Waals surface area contributed by atoms with Crippen LogP contribution in [-0.4, -0.2) is 51.8 Å². The standard InChI is InChI=1S/C8H17NO5S2/c10-4-2-6-16(13,14)9-8-3-1-5-15(11,12)7-8/h8-10H,1-7H2. The average Bonchev–Trinajstić information content (AvgIpc) is 2.12. The SMILES string of the molecule is O=S1(=O)CCCC(NS(=O)(=O)CCCO)C1. The van der Waals surface area contributed by atoms with E-state index in [9.17, 15) is 16.8 Å². The molecular weight excluding hydrogens is 254 g/mol. The van der Waals surface area contributed by atoms with Gasteiger partial charge in [0.1, 0.15) is 0 Å². The maximum atomic E-state index is 11.5. The van der Waals surface area contributed by atoms with Crippen LogP contribution < -0.4 is 4.72 Å². The molecule has 0 aromatic carbocycles. The van der Waals surface area contributed by atoms with Crippen molar-refractivity contribution in [2.45, 2.75) is 25.3 Å². The van der Waals surface area contributed by atoms with Gasteiger partial charge in [-0.3, -0.25) is 0 Å². The molecule has 0 amide bonds. The zero-order chi connectivity index (χ0) is 12.2. The second-order valence-corrected chi connectivity index (χ2v) is 8.07. The van der Waals surface area contributed by atoms with Gasteiger partial charge in [0.05, 0.1) is 17.3 Å². The van der Waals surface area contributed by atoms with E-state index in [1.54, 1.807) is 0 Å². The third kappa shape index (κ3) is 4.77. The summed E-state index contributed by atoms with van der Waals surface area (Å²) in [6.45, 7) is -0.191. The summed E-state index contributed by atoms with van der Waals surface area (Å²) in [7, 11) is -6.57. The summed E-state index contributed by atoms with van der Waals surface area (Å²) in [5.41, 5.74) is 0. The zero-order valence-corrected chi connectivity index (χ0v) is 10.6. The molecule has 2 N–H and O–H groups in total. The molecule has 16 heavy (non-hydrogen) atoms. The van der Waals surface area contributed by atoms with Crippen LogP contribution in [0.3, 0.4) is 0 Å². The smallest absolute Gasteiger partial charge is 0.211 e. The number of hydrogen-bond acceptors (Lipinski definition) is 5. The van der Waals surface area contributed by atoms with Gasteiger partial charge >= 0.3 is 0 Å². The Labute approximate surface area is 96.0 Å². The molecule has 0 spiro atoms. The number of hydrogen-bond donors (Lipinski definition) is 2. The van der Waals surface area contributed by atoms with Crippen molar-refractivity contribution in [3.05, 3.63) is 0 Å². The van der Waals surface area contributed by atoms with E-state index in [0.717, 1.165) is 0 Å². The summed E-state index contributed by atoms with van der Waals surface area (Å²) in [4.78, 5) is 0. The van der Waals surface area contributed by atoms with Gasteiger partial charge in [0, 0.05) is 12.6 Å². The summed E-state index contributed by atoms with van der Waals surface area (Å²) < 4.78 is 47.8. The Morgan fingerprint density at radius 3 is 2.62 bits per heavy atom. The Kier molecular flexibility index (Phi) is 4.72. The van der Waals surface area contributed by atoms with Crippen LogP contribution in [0.15, 0.2) is 0 Å². The van der Waals surface area contributed by atoms with Crippen molar-refractivity contribution < 1.29 is 21.9 Å². The van der Waals surface area contributed by atoms with Crippen LogP contribution in [-0.2, 0) is 19.9 Å². The van der Waals surface area contributed by atoms with Gasteiger partial charge in [-0.25, -0.2) is 21.6 Å². The Bertz CT molecular complexity index is 414. The van der Waals surface area contributed by atoms with Crippen LogP contribution in [0.4, 0.5) is 0 Å². The number of aliphatic hydroxyl groups is 1. The average molecular weight is 271 g/mol. The lowest BCUT2D eigenvalue weighted by Crippen LogP contribution is -2.44. The monoisotopic (exact) mass is 271 g/mol. The van der Waals surface area contributed by atoms with Crippen LogP contribution in [0.25, 0.3) is 0 Å². The number of rotatable bonds is 5. The van der Waals surface area contributed by atoms with E-state index < -0.39 is 25.9 Å². The van der Waals surface area contributed by atoms with Gasteiger partial charge in [-0.1, -0.05) is 0 Å². The van der Waals surface area contributed by atoms with Gasteiger partial charge in [-0.2, -0.15) is 0 Å². The normalized spacial score (nSPS) is 25.4. The van der Waals surface area contributed by atoms with Gasteiger partial charge in [-0.05, 0) is 19.3 Å². The molecule has 6 nitrogen and oxygen atoms in total. The van der Waals surface area contributed by atoms with Crippen molar-refractivity contribution in [1.82, 2.24) is 4.72 Å². The Morgan fingerprint density at radius 1 is 1.38 bits per heavy atom. The van der Waals surface area contributed by atoms with Crippen molar-refractivity contribution in [3.63, 3.8) is 0 Å². The van der Waals surface area contributed by atoms with E-state index in [4.69, 9.17) is 5.11 Å². The molecule has 1 aliphatic heterocycles. The first-order valence-electron chi connectivity index (χ1n) is 5.16. The van der Waals surface area contributed by atoms with Crippen LogP contribution in [0.2, 0.25) is 0 Å². The number of sulfonamides is 1. The Hall–Kier alpha value is -0.180. The summed E-state index contributed by atoms with van der Waals surface area (Å²) in [6, 6.07) is -0.512. The minimum Gasteiger partial charge on any atom is -0.396 e. The predicted octanol–water partition coefficient (Wildman–Crippen LogP) is -1.13. The van der Waals surface area contributed by atoms with Crippen LogP contribution in [0, 0.1) is 0 Å². The largest absolute Gasteiger partial charge is 0.396 e. The van der Waals surface area contributed by atoms with Crippen molar-refractivity contribution in [1.29, 1.82) is 0 Å². The molecule has 96 valence electrons. The van der Waals surface area contributed by atoms with Gasteiger partial charge < -0.3 is 5.11 Å². The molecule has 0 aromatic rings. The van der Waals surface area contributed by atoms with Gasteiger partial charge in [-0.15, -0.1) is 0 Å². The molecule has 1 saturated heterocycles. The highest BCUT2D eigenvalue weighted by atomic mass is 32.2. The van der Waals surface area contributed by atoms with Crippen LogP contribution in [0.1, 0.15) is 19.3 Å². The molecule has 1 atom stereocenters. The van der Waals surface area contributed by atoms with E-state index in [-0.39, 0.29) is 30.3 Å². The molecule has 0 aromatic heterocycles. The molecule has 8 heteroatoms. The highest BCUT2D eigenvalue weighted by Gasteiger charge is 2.27. The van der Waals surface area contributed by atoms with E-state index in [2.05, 4.69) is 4.72 Å². The molecule has 1 rings (SSSR count). The topological polar surface area (TPSA) is 101 Å². The minimum absolute atomic E-state index is 0.120. The fourth-order valence-corrected chi connectivity index (χ4v) is 4.76. The molecule has 1 unspecified atom stereocenters. The summed E-state index contributed by atoms with van der Waals surface area (Å²) in [5.74, 6) is -0.146. The maximum Gasteiger partial charge on any atom is 0.211 e. The molecule has 1 aliphatic rings. The molecule has 0 saturated carbocycles. The molecule has 1 fully saturated rings. The lowest BCUT2D eigenvalue weighted by Gasteiger charge is -2.22. The van der Waals surface area contributed by atoms with Crippen molar-refractivity contribution in [2.24, 2.45) is 0 Å². The van der Waals surface area contributed by atoms with Gasteiger partial charge in [0.2, 0.25) is 10.0 Å². The Balaban J connectivity index is 2.54. The highest BCUT2D eigenvalue weighted by molar-refractivity contribution is 7.91. The molecular formula is C8H17NO5S2. The lowest BCUT2D eigenvalue weighted by molar-refractivity contribution is 0.295. The minimum atomic E-state index is -3.47. The fraction of sp³-hybridized carbons (Fsp3) is 1.00. The first-order valence-corrected chi connectivity index (χ1v) is 8.63. The molecule has 0 radical (unpaired) electrons. The van der Waals surface area contributed by atoms with E-state index >= 15 is 0 Å². The lowest BCUT2D eigenvalue weighted by atomic mass is 10.2. The number of nitrogens with one attached hydrogen (secondary N) is 1. The summed E-state index contributed by atoms with van der Waals surface area (Å²) in [6.07, 6.45) is 1.21. The first kappa shape index (κ1) is 13.9. The quantitative estimate of drug-likeness (QED) is 0.658. The third-order valence-corrected chi connectivity index (χ3v) is 5.72. The number of aliphatic hydroxyl groups excluding tert-OH is 1. The van der Waals surface area contributed by atoms with Crippen LogP contribution >= 0.6 is 0 Å². The summed E-state index contributed by atoms with van der Waals surface area (Å²) >= 11 is 0. The van der Waals surface area contributed by atoms with Crippen molar-refractivity contribution in [3.8, 4) is 0 Å². The van der Waals surface area contributed by atoms with Crippen molar-refractivity contribution >= 4 is 19.9 Å². The summed E-state index contributed by atoms with van der Waals surface area (Å²) in [5, 5.41) is 8.53. The fourth-order valence-electron chi connectivity index (χ4n) is 1.68. The van der Waals surface area contributed by atoms with Crippen molar-refractivity contribution in [2.75, 3.05) is 23.9 Å². The molecule has 0 aliphatic carbocycles. The van der Waals surface area contributed by atoms with E-state index in [1.807, 2.05) is 0 Å². The van der Waals surface area contributed by atoms with Crippen LogP contribution in [0.5, 0.6) is 0 Å². The van der Waals surface area contributed by atoms with E-state index in [1.165, 1.54) is 0 Å². The third-order valence-electron chi connectivity index (χ3n) is 2.38. The first-order chi connectivity index (χ1) is 7.35. The zero-order valence-electron chi connectivity index (χ0n) is 8.92. The maximum absolute atomic E-state index is 11.5. The molecule has 0 bridgehead atoms. The van der Waals surface area contributed by atoms with Gasteiger partial charge in [0.25, 0.3) is 0 Å². The number of sulfone groups is 1. The highest BCUT2D eigenvalue weighted by Crippen LogP contribution is 2.12. The predicted molar refractivity (Wildman–Crippen MR) is 60.3 cm³/mol. The van der Waals surface area contributed by atoms with E-state index in [0.29, 0.717) is 12.8 Å². The second-order valence-electron chi connectivity index (χ2n) is 3.97.